The first kappa shape index (κ1) is 8.75. The van der Waals surface area contributed by atoms with E-state index < -0.39 is 0 Å². The van der Waals surface area contributed by atoms with Crippen molar-refractivity contribution in [2.24, 2.45) is 11.7 Å². The third-order valence-electron chi connectivity index (χ3n) is 2.86. The molecule has 1 aromatic heterocycles. The standard InChI is InChI=1S/C10H17N3/c1-7-10(5-11)8(2)13(12-7)6-9-3-4-9/h9H,3-6,11H2,1-2H3. The van der Waals surface area contributed by atoms with Crippen molar-refractivity contribution < 1.29 is 0 Å². The molecular weight excluding hydrogens is 162 g/mol. The van der Waals surface area contributed by atoms with E-state index in [1.807, 2.05) is 6.92 Å². The number of nitrogens with two attached hydrogens (primary N) is 1. The van der Waals surface area contributed by atoms with Crippen LogP contribution in [0.5, 0.6) is 0 Å². The highest BCUT2D eigenvalue weighted by molar-refractivity contribution is 5.24. The minimum Gasteiger partial charge on any atom is -0.326 e. The number of hydrogen-bond donors (Lipinski definition) is 1. The van der Waals surface area contributed by atoms with Crippen molar-refractivity contribution >= 4 is 0 Å². The zero-order valence-corrected chi connectivity index (χ0v) is 8.38. The maximum absolute atomic E-state index is 5.66. The molecule has 1 fully saturated rings. The highest BCUT2D eigenvalue weighted by Gasteiger charge is 2.23. The summed E-state index contributed by atoms with van der Waals surface area (Å²) < 4.78 is 2.12. The second-order valence-corrected chi connectivity index (χ2v) is 3.98. The monoisotopic (exact) mass is 179 g/mol. The predicted molar refractivity (Wildman–Crippen MR) is 52.3 cm³/mol. The molecule has 2 N–H and O–H groups in total. The van der Waals surface area contributed by atoms with Gasteiger partial charge in [-0.25, -0.2) is 0 Å². The number of nitrogens with zero attached hydrogens (tertiary/aromatic N) is 2. The van der Waals surface area contributed by atoms with E-state index in [0.717, 1.165) is 18.2 Å². The summed E-state index contributed by atoms with van der Waals surface area (Å²) in [4.78, 5) is 0. The van der Waals surface area contributed by atoms with Gasteiger partial charge in [0.15, 0.2) is 0 Å². The van der Waals surface area contributed by atoms with Gasteiger partial charge in [0.2, 0.25) is 0 Å². The fourth-order valence-electron chi connectivity index (χ4n) is 1.75. The second kappa shape index (κ2) is 3.14. The first-order valence-corrected chi connectivity index (χ1v) is 4.95. The summed E-state index contributed by atoms with van der Waals surface area (Å²) in [5.41, 5.74) is 9.23. The summed E-state index contributed by atoms with van der Waals surface area (Å²) in [7, 11) is 0. The Hall–Kier alpha value is -0.830. The van der Waals surface area contributed by atoms with Crippen LogP contribution in [-0.2, 0) is 13.1 Å². The van der Waals surface area contributed by atoms with E-state index in [2.05, 4.69) is 16.7 Å². The van der Waals surface area contributed by atoms with E-state index in [1.54, 1.807) is 0 Å². The molecule has 1 heterocycles. The van der Waals surface area contributed by atoms with Crippen LogP contribution in [0.15, 0.2) is 0 Å². The van der Waals surface area contributed by atoms with Crippen LogP contribution in [0.2, 0.25) is 0 Å². The normalized spacial score (nSPS) is 16.5. The molecule has 0 aromatic carbocycles. The lowest BCUT2D eigenvalue weighted by molar-refractivity contribution is 0.546. The quantitative estimate of drug-likeness (QED) is 0.761. The van der Waals surface area contributed by atoms with Gasteiger partial charge in [0.05, 0.1) is 5.69 Å². The van der Waals surface area contributed by atoms with Gasteiger partial charge in [-0.05, 0) is 32.6 Å². The van der Waals surface area contributed by atoms with Gasteiger partial charge in [0.1, 0.15) is 0 Å². The van der Waals surface area contributed by atoms with Crippen LogP contribution in [0.1, 0.15) is 29.8 Å². The summed E-state index contributed by atoms with van der Waals surface area (Å²) in [6.45, 7) is 5.86. The van der Waals surface area contributed by atoms with Gasteiger partial charge in [-0.1, -0.05) is 0 Å². The Morgan fingerprint density at radius 3 is 2.62 bits per heavy atom. The Morgan fingerprint density at radius 2 is 2.15 bits per heavy atom. The lowest BCUT2D eigenvalue weighted by Gasteiger charge is -2.02. The molecule has 1 aliphatic rings. The van der Waals surface area contributed by atoms with Crippen LogP contribution in [0.4, 0.5) is 0 Å². The van der Waals surface area contributed by atoms with E-state index in [-0.39, 0.29) is 0 Å². The molecule has 0 amide bonds. The fourth-order valence-corrected chi connectivity index (χ4v) is 1.75. The van der Waals surface area contributed by atoms with E-state index in [1.165, 1.54) is 24.1 Å². The summed E-state index contributed by atoms with van der Waals surface area (Å²) in [5.74, 6) is 0.878. The topological polar surface area (TPSA) is 43.8 Å². The van der Waals surface area contributed by atoms with Gasteiger partial charge in [-0.2, -0.15) is 5.10 Å². The van der Waals surface area contributed by atoms with Crippen LogP contribution >= 0.6 is 0 Å². The van der Waals surface area contributed by atoms with Gasteiger partial charge in [-0.3, -0.25) is 4.68 Å². The van der Waals surface area contributed by atoms with Gasteiger partial charge in [0, 0.05) is 24.3 Å². The van der Waals surface area contributed by atoms with Crippen LogP contribution < -0.4 is 5.73 Å². The molecule has 13 heavy (non-hydrogen) atoms. The van der Waals surface area contributed by atoms with Gasteiger partial charge < -0.3 is 5.73 Å². The average molecular weight is 179 g/mol. The van der Waals surface area contributed by atoms with E-state index in [9.17, 15) is 0 Å². The SMILES string of the molecule is Cc1nn(CC2CC2)c(C)c1CN. The van der Waals surface area contributed by atoms with Gasteiger partial charge in [-0.15, -0.1) is 0 Å². The Morgan fingerprint density at radius 1 is 1.46 bits per heavy atom. The molecule has 0 aliphatic heterocycles. The molecule has 3 heteroatoms. The second-order valence-electron chi connectivity index (χ2n) is 3.98. The van der Waals surface area contributed by atoms with Crippen molar-refractivity contribution in [2.75, 3.05) is 0 Å². The Balaban J connectivity index is 2.23. The molecule has 1 aromatic rings. The lowest BCUT2D eigenvalue weighted by Crippen LogP contribution is -2.05. The van der Waals surface area contributed by atoms with Crippen molar-refractivity contribution in [3.05, 3.63) is 17.0 Å². The van der Waals surface area contributed by atoms with E-state index >= 15 is 0 Å². The van der Waals surface area contributed by atoms with Gasteiger partial charge in [0.25, 0.3) is 0 Å². The minimum absolute atomic E-state index is 0.613. The zero-order chi connectivity index (χ0) is 9.42. The van der Waals surface area contributed by atoms with Crippen molar-refractivity contribution in [1.82, 2.24) is 9.78 Å². The number of aromatic nitrogens is 2. The predicted octanol–water partition coefficient (Wildman–Crippen LogP) is 1.37. The first-order chi connectivity index (χ1) is 6.22. The number of rotatable bonds is 3. The summed E-state index contributed by atoms with van der Waals surface area (Å²) in [6, 6.07) is 0. The van der Waals surface area contributed by atoms with E-state index in [4.69, 9.17) is 5.73 Å². The molecule has 72 valence electrons. The highest BCUT2D eigenvalue weighted by atomic mass is 15.3. The molecule has 0 spiro atoms. The Labute approximate surface area is 78.9 Å². The molecule has 0 atom stereocenters. The molecule has 2 rings (SSSR count). The maximum Gasteiger partial charge on any atom is 0.0641 e. The molecular formula is C10H17N3. The average Bonchev–Trinajstić information content (AvgIpc) is 2.83. The van der Waals surface area contributed by atoms with Crippen molar-refractivity contribution in [1.29, 1.82) is 0 Å². The van der Waals surface area contributed by atoms with Crippen LogP contribution in [0.3, 0.4) is 0 Å². The summed E-state index contributed by atoms with van der Waals surface area (Å²) in [5, 5.41) is 4.50. The molecule has 1 aliphatic carbocycles. The Kier molecular flexibility index (Phi) is 2.12. The molecule has 0 saturated heterocycles. The summed E-state index contributed by atoms with van der Waals surface area (Å²) >= 11 is 0. The molecule has 0 bridgehead atoms. The lowest BCUT2D eigenvalue weighted by atomic mass is 10.2. The van der Waals surface area contributed by atoms with Gasteiger partial charge >= 0.3 is 0 Å². The highest BCUT2D eigenvalue weighted by Crippen LogP contribution is 2.31. The smallest absolute Gasteiger partial charge is 0.0641 e. The molecule has 0 unspecified atom stereocenters. The van der Waals surface area contributed by atoms with Crippen molar-refractivity contribution in [3.8, 4) is 0 Å². The number of aryl methyl sites for hydroxylation is 1. The van der Waals surface area contributed by atoms with E-state index in [0.29, 0.717) is 6.54 Å². The van der Waals surface area contributed by atoms with Crippen LogP contribution in [0.25, 0.3) is 0 Å². The van der Waals surface area contributed by atoms with Crippen molar-refractivity contribution in [2.45, 2.75) is 39.8 Å². The third-order valence-corrected chi connectivity index (χ3v) is 2.86. The summed E-state index contributed by atoms with van der Waals surface area (Å²) in [6.07, 6.45) is 2.74. The third kappa shape index (κ3) is 1.61. The largest absolute Gasteiger partial charge is 0.326 e. The zero-order valence-electron chi connectivity index (χ0n) is 8.38. The fraction of sp³-hybridized carbons (Fsp3) is 0.700. The molecule has 3 nitrogen and oxygen atoms in total. The van der Waals surface area contributed by atoms with Crippen LogP contribution in [-0.4, -0.2) is 9.78 Å². The van der Waals surface area contributed by atoms with Crippen molar-refractivity contribution in [3.63, 3.8) is 0 Å². The maximum atomic E-state index is 5.66. The Bertz CT molecular complexity index is 310. The molecule has 1 saturated carbocycles. The minimum atomic E-state index is 0.613. The number of hydrogen-bond acceptors (Lipinski definition) is 2. The first-order valence-electron chi connectivity index (χ1n) is 4.95. The van der Waals surface area contributed by atoms with Crippen LogP contribution in [0, 0.1) is 19.8 Å². The molecule has 0 radical (unpaired) electrons.